The molecule has 3 heteroatoms. The highest BCUT2D eigenvalue weighted by Crippen LogP contribution is 2.18. The Morgan fingerprint density at radius 1 is 0.846 bits per heavy atom. The molecular formula is C23H39NO2. The zero-order chi connectivity index (χ0) is 18.9. The Kier molecular flexibility index (Phi) is 13.7. The summed E-state index contributed by atoms with van der Waals surface area (Å²) in [6.07, 6.45) is 24.5. The van der Waals surface area contributed by atoms with Crippen molar-refractivity contribution in [1.29, 1.82) is 0 Å². The molecule has 0 atom stereocenters. The van der Waals surface area contributed by atoms with Gasteiger partial charge in [0.1, 0.15) is 0 Å². The minimum atomic E-state index is 0.484. The van der Waals surface area contributed by atoms with Gasteiger partial charge in [0.15, 0.2) is 17.4 Å². The van der Waals surface area contributed by atoms with Crippen molar-refractivity contribution < 1.29 is 9.53 Å². The molecule has 0 aromatic heterocycles. The van der Waals surface area contributed by atoms with E-state index in [2.05, 4.69) is 6.92 Å². The Morgan fingerprint density at radius 2 is 1.35 bits per heavy atom. The third-order valence-corrected chi connectivity index (χ3v) is 5.00. The number of carbonyl (C=O) groups excluding carboxylic acids is 1. The average Bonchev–Trinajstić information content (AvgIpc) is 2.65. The molecule has 0 aromatic rings. The molecule has 1 heterocycles. The van der Waals surface area contributed by atoms with Crippen LogP contribution in [-0.2, 0) is 9.53 Å². The van der Waals surface area contributed by atoms with E-state index in [1.54, 1.807) is 4.90 Å². The maximum Gasteiger partial charge on any atom is 0.169 e. The van der Waals surface area contributed by atoms with Gasteiger partial charge in [-0.05, 0) is 18.6 Å². The Labute approximate surface area is 161 Å². The van der Waals surface area contributed by atoms with Crippen LogP contribution >= 0.6 is 0 Å². The van der Waals surface area contributed by atoms with Gasteiger partial charge in [-0.15, -0.1) is 0 Å². The normalized spacial score (nSPS) is 13.7. The van der Waals surface area contributed by atoms with Gasteiger partial charge in [-0.25, -0.2) is 4.79 Å². The van der Waals surface area contributed by atoms with Gasteiger partial charge in [0.25, 0.3) is 0 Å². The highest BCUT2D eigenvalue weighted by molar-refractivity contribution is 5.60. The summed E-state index contributed by atoms with van der Waals surface area (Å²) in [6, 6.07) is 0. The summed E-state index contributed by atoms with van der Waals surface area (Å²) in [7, 11) is 1.83. The van der Waals surface area contributed by atoms with E-state index in [9.17, 15) is 4.79 Å². The monoisotopic (exact) mass is 361 g/mol. The maximum absolute atomic E-state index is 11.0. The van der Waals surface area contributed by atoms with Crippen LogP contribution in [0.4, 0.5) is 0 Å². The average molecular weight is 362 g/mol. The number of hydrogen-bond donors (Lipinski definition) is 0. The molecular weight excluding hydrogens is 322 g/mol. The molecule has 0 aliphatic carbocycles. The predicted octanol–water partition coefficient (Wildman–Crippen LogP) is 6.54. The van der Waals surface area contributed by atoms with Crippen LogP contribution in [0.25, 0.3) is 0 Å². The number of allylic oxidation sites excluding steroid dienone is 2. The topological polar surface area (TPSA) is 29.5 Å². The smallest absolute Gasteiger partial charge is 0.169 e. The van der Waals surface area contributed by atoms with Gasteiger partial charge in [0.2, 0.25) is 0 Å². The van der Waals surface area contributed by atoms with Gasteiger partial charge in [0.05, 0.1) is 6.61 Å². The van der Waals surface area contributed by atoms with Gasteiger partial charge in [0, 0.05) is 13.2 Å². The third kappa shape index (κ3) is 10.5. The molecule has 0 saturated heterocycles. The predicted molar refractivity (Wildman–Crippen MR) is 110 cm³/mol. The van der Waals surface area contributed by atoms with E-state index in [1.165, 1.54) is 83.5 Å². The molecule has 1 aliphatic rings. The van der Waals surface area contributed by atoms with Crippen molar-refractivity contribution in [3.63, 3.8) is 0 Å². The number of ether oxygens (including phenoxy) is 1. The number of unbranched alkanes of at least 4 members (excludes halogenated alkanes) is 13. The zero-order valence-corrected chi connectivity index (χ0v) is 17.1. The molecule has 26 heavy (non-hydrogen) atoms. The van der Waals surface area contributed by atoms with E-state index < -0.39 is 0 Å². The van der Waals surface area contributed by atoms with Crippen LogP contribution in [-0.4, -0.2) is 24.5 Å². The minimum absolute atomic E-state index is 0.484. The zero-order valence-electron chi connectivity index (χ0n) is 17.1. The number of likely N-dealkylation sites (N-methyl/N-ethyl adjacent to an activating group) is 1. The quantitative estimate of drug-likeness (QED) is 0.231. The van der Waals surface area contributed by atoms with Gasteiger partial charge < -0.3 is 9.64 Å². The summed E-state index contributed by atoms with van der Waals surface area (Å²) < 4.78 is 5.73. The molecule has 0 spiro atoms. The fourth-order valence-electron chi connectivity index (χ4n) is 3.30. The van der Waals surface area contributed by atoms with E-state index in [-0.39, 0.29) is 0 Å². The summed E-state index contributed by atoms with van der Waals surface area (Å²) >= 11 is 0. The van der Waals surface area contributed by atoms with Crippen LogP contribution in [0.3, 0.4) is 0 Å². The van der Waals surface area contributed by atoms with Gasteiger partial charge >= 0.3 is 0 Å². The Bertz CT molecular complexity index is 461. The van der Waals surface area contributed by atoms with E-state index in [0.717, 1.165) is 6.42 Å². The third-order valence-electron chi connectivity index (χ3n) is 5.00. The molecule has 0 amide bonds. The van der Waals surface area contributed by atoms with E-state index in [4.69, 9.17) is 4.74 Å². The van der Waals surface area contributed by atoms with Crippen molar-refractivity contribution in [2.75, 3.05) is 13.7 Å². The van der Waals surface area contributed by atoms with Crippen LogP contribution in [0.2, 0.25) is 0 Å². The highest BCUT2D eigenvalue weighted by Gasteiger charge is 2.13. The highest BCUT2D eigenvalue weighted by atomic mass is 16.5. The molecule has 0 unspecified atom stereocenters. The lowest BCUT2D eigenvalue weighted by Crippen LogP contribution is -2.17. The van der Waals surface area contributed by atoms with Crippen LogP contribution in [0.1, 0.15) is 96.8 Å². The molecule has 1 rings (SSSR count). The lowest BCUT2D eigenvalue weighted by atomic mass is 10.0. The summed E-state index contributed by atoms with van der Waals surface area (Å²) in [5.41, 5.74) is 0.484. The first-order valence-electron chi connectivity index (χ1n) is 10.8. The minimum Gasteiger partial charge on any atom is -0.491 e. The Balaban J connectivity index is 1.86. The van der Waals surface area contributed by atoms with E-state index in [0.29, 0.717) is 18.1 Å². The number of hydrogen-bond acceptors (Lipinski definition) is 3. The lowest BCUT2D eigenvalue weighted by Gasteiger charge is -2.20. The summed E-state index contributed by atoms with van der Waals surface area (Å²) in [5.74, 6) is 2.59. The van der Waals surface area contributed by atoms with Crippen molar-refractivity contribution in [2.24, 2.45) is 0 Å². The fraction of sp³-hybridized carbons (Fsp3) is 0.739. The number of rotatable bonds is 16. The van der Waals surface area contributed by atoms with Crippen molar-refractivity contribution in [2.45, 2.75) is 96.8 Å². The van der Waals surface area contributed by atoms with Gasteiger partial charge in [-0.3, -0.25) is 0 Å². The molecule has 0 saturated carbocycles. The number of nitrogens with zero attached hydrogens (tertiary/aromatic N) is 1. The maximum atomic E-state index is 11.0. The fourth-order valence-corrected chi connectivity index (χ4v) is 3.30. The summed E-state index contributed by atoms with van der Waals surface area (Å²) in [6.45, 7) is 2.95. The molecule has 0 fully saturated rings. The van der Waals surface area contributed by atoms with Crippen LogP contribution in [0.15, 0.2) is 29.8 Å². The first-order valence-corrected chi connectivity index (χ1v) is 10.8. The van der Waals surface area contributed by atoms with Crippen molar-refractivity contribution >= 4 is 5.94 Å². The van der Waals surface area contributed by atoms with Crippen LogP contribution in [0, 0.1) is 0 Å². The SMILES string of the molecule is CCCCCCCCCCCCCCCCOC1=CC=CN(C)C1=C=O. The summed E-state index contributed by atoms with van der Waals surface area (Å²) in [5, 5.41) is 0. The van der Waals surface area contributed by atoms with Gasteiger partial charge in [-0.2, -0.15) is 0 Å². The Morgan fingerprint density at radius 3 is 1.85 bits per heavy atom. The molecule has 0 radical (unpaired) electrons. The van der Waals surface area contributed by atoms with Gasteiger partial charge in [-0.1, -0.05) is 90.4 Å². The van der Waals surface area contributed by atoms with Crippen molar-refractivity contribution in [1.82, 2.24) is 4.90 Å². The van der Waals surface area contributed by atoms with Crippen LogP contribution in [0.5, 0.6) is 0 Å². The molecule has 1 aliphatic heterocycles. The second-order valence-corrected chi connectivity index (χ2v) is 7.38. The second kappa shape index (κ2) is 15.8. The molecule has 148 valence electrons. The van der Waals surface area contributed by atoms with Crippen molar-refractivity contribution in [3.05, 3.63) is 29.8 Å². The lowest BCUT2D eigenvalue weighted by molar-refractivity contribution is 0.202. The first-order chi connectivity index (χ1) is 12.8. The molecule has 0 N–H and O–H groups in total. The second-order valence-electron chi connectivity index (χ2n) is 7.38. The molecule has 0 bridgehead atoms. The molecule has 3 nitrogen and oxygen atoms in total. The van der Waals surface area contributed by atoms with E-state index in [1.807, 2.05) is 31.3 Å². The van der Waals surface area contributed by atoms with E-state index >= 15 is 0 Å². The first kappa shape index (κ1) is 22.6. The molecule has 0 aromatic carbocycles. The van der Waals surface area contributed by atoms with Crippen molar-refractivity contribution in [3.8, 4) is 0 Å². The largest absolute Gasteiger partial charge is 0.491 e. The summed E-state index contributed by atoms with van der Waals surface area (Å²) in [4.78, 5) is 12.7. The van der Waals surface area contributed by atoms with Crippen LogP contribution < -0.4 is 0 Å². The Hall–Kier alpha value is -1.47. The standard InChI is InChI=1S/C23H39NO2/c1-3-4-5-6-7-8-9-10-11-12-13-14-15-16-20-26-23-18-17-19-24(2)22(23)21-25/h17-19H,3-16,20H2,1-2H3.